The Morgan fingerprint density at radius 3 is 2.24 bits per heavy atom. The van der Waals surface area contributed by atoms with Gasteiger partial charge in [-0.2, -0.15) is 0 Å². The summed E-state index contributed by atoms with van der Waals surface area (Å²) in [6.45, 7) is 6.29. The SMILES string of the molecule is CC(C)(C)OC(=O)c1ccc(OCCCCCCBr)cc1. The summed E-state index contributed by atoms with van der Waals surface area (Å²) in [6, 6.07) is 7.12. The Morgan fingerprint density at radius 1 is 1.05 bits per heavy atom. The van der Waals surface area contributed by atoms with Crippen LogP contribution in [0.4, 0.5) is 0 Å². The van der Waals surface area contributed by atoms with Gasteiger partial charge in [0.1, 0.15) is 11.4 Å². The lowest BCUT2D eigenvalue weighted by atomic mass is 10.1. The highest BCUT2D eigenvalue weighted by Crippen LogP contribution is 2.16. The van der Waals surface area contributed by atoms with Crippen molar-refractivity contribution in [2.75, 3.05) is 11.9 Å². The molecule has 0 saturated carbocycles. The fourth-order valence-electron chi connectivity index (χ4n) is 1.76. The van der Waals surface area contributed by atoms with Gasteiger partial charge in [-0.05, 0) is 57.9 Å². The predicted molar refractivity (Wildman–Crippen MR) is 89.4 cm³/mol. The molecule has 0 aliphatic carbocycles. The first kappa shape index (κ1) is 18.0. The van der Waals surface area contributed by atoms with E-state index in [0.29, 0.717) is 12.2 Å². The number of hydrogen-bond acceptors (Lipinski definition) is 3. The van der Waals surface area contributed by atoms with E-state index < -0.39 is 5.60 Å². The number of ether oxygens (including phenoxy) is 2. The van der Waals surface area contributed by atoms with Gasteiger partial charge in [-0.25, -0.2) is 4.79 Å². The molecule has 0 aliphatic heterocycles. The Kier molecular flexibility index (Phi) is 7.79. The fraction of sp³-hybridized carbons (Fsp3) is 0.588. The Labute approximate surface area is 136 Å². The summed E-state index contributed by atoms with van der Waals surface area (Å²) in [6.07, 6.45) is 4.68. The molecule has 0 fully saturated rings. The summed E-state index contributed by atoms with van der Waals surface area (Å²) in [5.74, 6) is 0.492. The van der Waals surface area contributed by atoms with Crippen LogP contribution in [0.25, 0.3) is 0 Å². The molecule has 0 aliphatic rings. The van der Waals surface area contributed by atoms with E-state index in [1.54, 1.807) is 12.1 Å². The van der Waals surface area contributed by atoms with Crippen LogP contribution in [0.1, 0.15) is 56.8 Å². The highest BCUT2D eigenvalue weighted by Gasteiger charge is 2.17. The van der Waals surface area contributed by atoms with E-state index in [1.807, 2.05) is 32.9 Å². The number of hydrogen-bond donors (Lipinski definition) is 0. The van der Waals surface area contributed by atoms with Crippen molar-refractivity contribution < 1.29 is 14.3 Å². The second-order valence-corrected chi connectivity index (χ2v) is 6.77. The van der Waals surface area contributed by atoms with E-state index in [2.05, 4.69) is 15.9 Å². The first-order valence-corrected chi connectivity index (χ1v) is 8.57. The summed E-state index contributed by atoms with van der Waals surface area (Å²) < 4.78 is 11.0. The summed E-state index contributed by atoms with van der Waals surface area (Å²) >= 11 is 3.42. The Morgan fingerprint density at radius 2 is 1.67 bits per heavy atom. The molecule has 1 aromatic rings. The molecular formula is C17H25BrO3. The second kappa shape index (κ2) is 9.08. The van der Waals surface area contributed by atoms with Crippen LogP contribution in [0, 0.1) is 0 Å². The van der Waals surface area contributed by atoms with E-state index in [4.69, 9.17) is 9.47 Å². The molecule has 4 heteroatoms. The Hall–Kier alpha value is -1.03. The Bertz CT molecular complexity index is 421. The van der Waals surface area contributed by atoms with E-state index in [9.17, 15) is 4.79 Å². The maximum absolute atomic E-state index is 11.9. The molecule has 0 N–H and O–H groups in total. The van der Waals surface area contributed by atoms with Crippen molar-refractivity contribution in [1.82, 2.24) is 0 Å². The number of carbonyl (C=O) groups excluding carboxylic acids is 1. The van der Waals surface area contributed by atoms with Gasteiger partial charge < -0.3 is 9.47 Å². The molecule has 3 nitrogen and oxygen atoms in total. The highest BCUT2D eigenvalue weighted by molar-refractivity contribution is 9.09. The van der Waals surface area contributed by atoms with Crippen molar-refractivity contribution in [2.45, 2.75) is 52.1 Å². The zero-order valence-electron chi connectivity index (χ0n) is 13.2. The number of unbranched alkanes of at least 4 members (excludes halogenated alkanes) is 3. The molecule has 0 spiro atoms. The van der Waals surface area contributed by atoms with Crippen molar-refractivity contribution in [3.63, 3.8) is 0 Å². The summed E-state index contributed by atoms with van der Waals surface area (Å²) in [7, 11) is 0. The summed E-state index contributed by atoms with van der Waals surface area (Å²) in [4.78, 5) is 11.9. The number of alkyl halides is 1. The number of rotatable bonds is 8. The van der Waals surface area contributed by atoms with Crippen molar-refractivity contribution in [2.24, 2.45) is 0 Å². The first-order valence-electron chi connectivity index (χ1n) is 7.44. The molecule has 0 radical (unpaired) electrons. The van der Waals surface area contributed by atoms with E-state index in [1.165, 1.54) is 19.3 Å². The largest absolute Gasteiger partial charge is 0.494 e. The van der Waals surface area contributed by atoms with E-state index in [-0.39, 0.29) is 5.97 Å². The van der Waals surface area contributed by atoms with Crippen molar-refractivity contribution in [3.05, 3.63) is 29.8 Å². The lowest BCUT2D eigenvalue weighted by Crippen LogP contribution is -2.23. The zero-order valence-corrected chi connectivity index (χ0v) is 14.7. The van der Waals surface area contributed by atoms with Gasteiger partial charge >= 0.3 is 5.97 Å². The average Bonchev–Trinajstić information content (AvgIpc) is 2.41. The molecule has 0 unspecified atom stereocenters. The van der Waals surface area contributed by atoms with E-state index in [0.717, 1.165) is 17.5 Å². The second-order valence-electron chi connectivity index (χ2n) is 5.98. The maximum atomic E-state index is 11.9. The molecule has 118 valence electrons. The summed E-state index contributed by atoms with van der Waals surface area (Å²) in [5, 5.41) is 1.07. The van der Waals surface area contributed by atoms with Crippen molar-refractivity contribution in [1.29, 1.82) is 0 Å². The molecule has 1 rings (SSSR count). The normalized spacial score (nSPS) is 11.2. The average molecular weight is 357 g/mol. The summed E-state index contributed by atoms with van der Waals surface area (Å²) in [5.41, 5.74) is 0.0797. The number of carbonyl (C=O) groups is 1. The predicted octanol–water partition coefficient (Wildman–Crippen LogP) is 4.98. The number of esters is 1. The molecular weight excluding hydrogens is 332 g/mol. The van der Waals surface area contributed by atoms with Crippen LogP contribution in [0.5, 0.6) is 5.75 Å². The van der Waals surface area contributed by atoms with Crippen LogP contribution in [-0.4, -0.2) is 23.5 Å². The van der Waals surface area contributed by atoms with E-state index >= 15 is 0 Å². The topological polar surface area (TPSA) is 35.5 Å². The molecule has 21 heavy (non-hydrogen) atoms. The van der Waals surface area contributed by atoms with Gasteiger partial charge in [-0.15, -0.1) is 0 Å². The van der Waals surface area contributed by atoms with Gasteiger partial charge in [0, 0.05) is 5.33 Å². The van der Waals surface area contributed by atoms with Gasteiger partial charge in [0.25, 0.3) is 0 Å². The molecule has 1 aromatic carbocycles. The van der Waals surface area contributed by atoms with Crippen molar-refractivity contribution >= 4 is 21.9 Å². The Balaban J connectivity index is 2.35. The molecule has 0 saturated heterocycles. The smallest absolute Gasteiger partial charge is 0.338 e. The molecule has 0 bridgehead atoms. The minimum Gasteiger partial charge on any atom is -0.494 e. The molecule has 0 heterocycles. The third kappa shape index (κ3) is 8.10. The van der Waals surface area contributed by atoms with Crippen LogP contribution in [0.15, 0.2) is 24.3 Å². The van der Waals surface area contributed by atoms with Gasteiger partial charge in [-0.3, -0.25) is 0 Å². The van der Waals surface area contributed by atoms with Gasteiger partial charge in [0.05, 0.1) is 12.2 Å². The molecule has 0 amide bonds. The van der Waals surface area contributed by atoms with Crippen LogP contribution in [0.2, 0.25) is 0 Å². The van der Waals surface area contributed by atoms with Gasteiger partial charge in [0.2, 0.25) is 0 Å². The minimum atomic E-state index is -0.471. The third-order valence-corrected chi connectivity index (χ3v) is 3.35. The van der Waals surface area contributed by atoms with Gasteiger partial charge in [0.15, 0.2) is 0 Å². The lowest BCUT2D eigenvalue weighted by Gasteiger charge is -2.19. The lowest BCUT2D eigenvalue weighted by molar-refractivity contribution is 0.00695. The monoisotopic (exact) mass is 356 g/mol. The van der Waals surface area contributed by atoms with Crippen LogP contribution < -0.4 is 4.74 Å². The zero-order chi connectivity index (χ0) is 15.7. The standard InChI is InChI=1S/C17H25BrO3/c1-17(2,3)21-16(19)14-8-10-15(11-9-14)20-13-7-5-4-6-12-18/h8-11H,4-7,12-13H2,1-3H3. The quantitative estimate of drug-likeness (QED) is 0.374. The maximum Gasteiger partial charge on any atom is 0.338 e. The molecule has 0 atom stereocenters. The fourth-order valence-corrected chi connectivity index (χ4v) is 2.16. The van der Waals surface area contributed by atoms with Crippen molar-refractivity contribution in [3.8, 4) is 5.75 Å². The minimum absolute atomic E-state index is 0.302. The van der Waals surface area contributed by atoms with Gasteiger partial charge in [-0.1, -0.05) is 28.8 Å². The number of benzene rings is 1. The highest BCUT2D eigenvalue weighted by atomic mass is 79.9. The van der Waals surface area contributed by atoms with Crippen LogP contribution in [0.3, 0.4) is 0 Å². The third-order valence-electron chi connectivity index (χ3n) is 2.79. The number of halogens is 1. The first-order chi connectivity index (χ1) is 9.92. The molecule has 0 aromatic heterocycles. The van der Waals surface area contributed by atoms with Crippen LogP contribution in [-0.2, 0) is 4.74 Å². The van der Waals surface area contributed by atoms with Crippen LogP contribution >= 0.6 is 15.9 Å².